The van der Waals surface area contributed by atoms with E-state index in [0.29, 0.717) is 19.1 Å². The van der Waals surface area contributed by atoms with Crippen LogP contribution < -0.4 is 4.74 Å². The molecule has 0 bridgehead atoms. The lowest BCUT2D eigenvalue weighted by Gasteiger charge is -2.09. The van der Waals surface area contributed by atoms with Gasteiger partial charge in [-0.25, -0.2) is 4.79 Å². The summed E-state index contributed by atoms with van der Waals surface area (Å²) in [6, 6.07) is 7.68. The van der Waals surface area contributed by atoms with Gasteiger partial charge in [0, 0.05) is 0 Å². The largest absolute Gasteiger partial charge is 0.493 e. The number of rotatable bonds is 6. The van der Waals surface area contributed by atoms with Gasteiger partial charge < -0.3 is 14.2 Å². The molecular weight excluding hydrogens is 244 g/mol. The van der Waals surface area contributed by atoms with E-state index in [0.717, 1.165) is 11.3 Å². The van der Waals surface area contributed by atoms with Crippen molar-refractivity contribution in [2.24, 2.45) is 5.92 Å². The Morgan fingerprint density at radius 1 is 1.42 bits per heavy atom. The highest BCUT2D eigenvalue weighted by molar-refractivity contribution is 5.78. The Kier molecular flexibility index (Phi) is 4.43. The molecule has 4 heteroatoms. The van der Waals surface area contributed by atoms with E-state index in [1.807, 2.05) is 24.3 Å². The van der Waals surface area contributed by atoms with Gasteiger partial charge in [-0.2, -0.15) is 0 Å². The van der Waals surface area contributed by atoms with Crippen LogP contribution in [-0.2, 0) is 14.3 Å². The summed E-state index contributed by atoms with van der Waals surface area (Å²) in [6.45, 7) is 7.05. The molecular formula is C15H20O4. The normalized spacial score (nSPS) is 21.3. The maximum atomic E-state index is 11.5. The topological polar surface area (TPSA) is 48.1 Å². The van der Waals surface area contributed by atoms with Crippen LogP contribution in [0.5, 0.6) is 5.75 Å². The number of carbonyl (C=O) groups is 1. The molecule has 1 aromatic carbocycles. The Morgan fingerprint density at radius 2 is 2.21 bits per heavy atom. The first-order valence-electron chi connectivity index (χ1n) is 6.66. The van der Waals surface area contributed by atoms with Crippen molar-refractivity contribution >= 4 is 5.97 Å². The fraction of sp³-hybridized carbons (Fsp3) is 0.533. The Hall–Kier alpha value is -1.55. The van der Waals surface area contributed by atoms with Crippen molar-refractivity contribution in [3.63, 3.8) is 0 Å². The summed E-state index contributed by atoms with van der Waals surface area (Å²) in [7, 11) is 0. The van der Waals surface area contributed by atoms with Crippen LogP contribution in [0, 0.1) is 5.92 Å². The van der Waals surface area contributed by atoms with E-state index in [2.05, 4.69) is 13.8 Å². The molecule has 0 aliphatic carbocycles. The first-order valence-corrected chi connectivity index (χ1v) is 6.66. The third-order valence-electron chi connectivity index (χ3n) is 2.78. The predicted octanol–water partition coefficient (Wildman–Crippen LogP) is 2.72. The molecule has 1 fully saturated rings. The molecule has 0 spiro atoms. The van der Waals surface area contributed by atoms with Crippen LogP contribution >= 0.6 is 0 Å². The third-order valence-corrected chi connectivity index (χ3v) is 2.78. The Balaban J connectivity index is 1.95. The molecule has 0 saturated carbocycles. The van der Waals surface area contributed by atoms with Crippen molar-refractivity contribution in [2.45, 2.75) is 33.0 Å². The lowest BCUT2D eigenvalue weighted by atomic mass is 10.1. The van der Waals surface area contributed by atoms with Gasteiger partial charge in [0.2, 0.25) is 0 Å². The second kappa shape index (κ2) is 6.06. The molecule has 0 radical (unpaired) electrons. The minimum atomic E-state index is -0.458. The summed E-state index contributed by atoms with van der Waals surface area (Å²) in [5.41, 5.74) is 0.958. The zero-order valence-corrected chi connectivity index (χ0v) is 11.6. The molecule has 1 aliphatic rings. The van der Waals surface area contributed by atoms with Crippen LogP contribution in [0.1, 0.15) is 32.4 Å². The molecule has 1 saturated heterocycles. The molecule has 2 atom stereocenters. The van der Waals surface area contributed by atoms with E-state index in [1.54, 1.807) is 6.92 Å². The van der Waals surface area contributed by atoms with Crippen molar-refractivity contribution in [1.29, 1.82) is 0 Å². The number of benzene rings is 1. The summed E-state index contributed by atoms with van der Waals surface area (Å²) in [5, 5.41) is 0. The fourth-order valence-corrected chi connectivity index (χ4v) is 1.81. The monoisotopic (exact) mass is 264 g/mol. The van der Waals surface area contributed by atoms with E-state index < -0.39 is 6.10 Å². The SMILES string of the molecule is CCOC(=O)C1OC1c1cccc(OCC(C)C)c1. The highest BCUT2D eigenvalue weighted by Gasteiger charge is 2.47. The number of ether oxygens (including phenoxy) is 3. The number of hydrogen-bond donors (Lipinski definition) is 0. The maximum Gasteiger partial charge on any atom is 0.338 e. The van der Waals surface area contributed by atoms with Gasteiger partial charge in [-0.1, -0.05) is 26.0 Å². The molecule has 0 aromatic heterocycles. The highest BCUT2D eigenvalue weighted by Crippen LogP contribution is 2.40. The van der Waals surface area contributed by atoms with Gasteiger partial charge >= 0.3 is 5.97 Å². The molecule has 1 heterocycles. The number of esters is 1. The molecule has 2 rings (SSSR count). The second-order valence-corrected chi connectivity index (χ2v) is 5.01. The summed E-state index contributed by atoms with van der Waals surface area (Å²) >= 11 is 0. The van der Waals surface area contributed by atoms with Crippen LogP contribution in [0.2, 0.25) is 0 Å². The number of carbonyl (C=O) groups excluding carboxylic acids is 1. The lowest BCUT2D eigenvalue weighted by molar-refractivity contribution is -0.144. The molecule has 1 aromatic rings. The van der Waals surface area contributed by atoms with Gasteiger partial charge in [-0.3, -0.25) is 0 Å². The Morgan fingerprint density at radius 3 is 2.89 bits per heavy atom. The van der Waals surface area contributed by atoms with Gasteiger partial charge in [0.1, 0.15) is 11.9 Å². The van der Waals surface area contributed by atoms with Crippen LogP contribution in [-0.4, -0.2) is 25.3 Å². The quantitative estimate of drug-likeness (QED) is 0.585. The van der Waals surface area contributed by atoms with E-state index in [4.69, 9.17) is 14.2 Å². The first-order chi connectivity index (χ1) is 9.11. The second-order valence-electron chi connectivity index (χ2n) is 5.01. The maximum absolute atomic E-state index is 11.5. The van der Waals surface area contributed by atoms with Gasteiger partial charge in [-0.05, 0) is 30.5 Å². The zero-order valence-electron chi connectivity index (χ0n) is 11.6. The van der Waals surface area contributed by atoms with Gasteiger partial charge in [-0.15, -0.1) is 0 Å². The minimum absolute atomic E-state index is 0.193. The smallest absolute Gasteiger partial charge is 0.338 e. The van der Waals surface area contributed by atoms with Crippen molar-refractivity contribution in [3.05, 3.63) is 29.8 Å². The van der Waals surface area contributed by atoms with E-state index in [-0.39, 0.29) is 12.1 Å². The summed E-state index contributed by atoms with van der Waals surface area (Å²) < 4.78 is 16.0. The fourth-order valence-electron chi connectivity index (χ4n) is 1.81. The Bertz CT molecular complexity index is 442. The zero-order chi connectivity index (χ0) is 13.8. The van der Waals surface area contributed by atoms with Crippen molar-refractivity contribution in [3.8, 4) is 5.75 Å². The standard InChI is InChI=1S/C15H20O4/c1-4-17-15(16)14-13(19-14)11-6-5-7-12(8-11)18-9-10(2)3/h5-8,10,13-14H,4,9H2,1-3H3. The van der Waals surface area contributed by atoms with Crippen LogP contribution in [0.25, 0.3) is 0 Å². The minimum Gasteiger partial charge on any atom is -0.493 e. The summed E-state index contributed by atoms with van der Waals surface area (Å²) in [6.07, 6.45) is -0.651. The molecule has 19 heavy (non-hydrogen) atoms. The average Bonchev–Trinajstić information content (AvgIpc) is 3.17. The molecule has 1 aliphatic heterocycles. The van der Waals surface area contributed by atoms with Gasteiger partial charge in [0.15, 0.2) is 6.10 Å². The average molecular weight is 264 g/mol. The third kappa shape index (κ3) is 3.70. The van der Waals surface area contributed by atoms with Crippen LogP contribution in [0.15, 0.2) is 24.3 Å². The van der Waals surface area contributed by atoms with Crippen LogP contribution in [0.3, 0.4) is 0 Å². The van der Waals surface area contributed by atoms with Crippen molar-refractivity contribution in [2.75, 3.05) is 13.2 Å². The number of hydrogen-bond acceptors (Lipinski definition) is 4. The van der Waals surface area contributed by atoms with E-state index >= 15 is 0 Å². The lowest BCUT2D eigenvalue weighted by Crippen LogP contribution is -2.11. The van der Waals surface area contributed by atoms with Gasteiger partial charge in [0.05, 0.1) is 13.2 Å². The van der Waals surface area contributed by atoms with Crippen molar-refractivity contribution in [1.82, 2.24) is 0 Å². The van der Waals surface area contributed by atoms with E-state index in [9.17, 15) is 4.79 Å². The molecule has 2 unspecified atom stereocenters. The van der Waals surface area contributed by atoms with Gasteiger partial charge in [0.25, 0.3) is 0 Å². The number of epoxide rings is 1. The predicted molar refractivity (Wildman–Crippen MR) is 71.0 cm³/mol. The highest BCUT2D eigenvalue weighted by atomic mass is 16.6. The molecule has 104 valence electrons. The summed E-state index contributed by atoms with van der Waals surface area (Å²) in [4.78, 5) is 11.5. The molecule has 4 nitrogen and oxygen atoms in total. The Labute approximate surface area is 113 Å². The molecule has 0 amide bonds. The molecule has 0 N–H and O–H groups in total. The first kappa shape index (κ1) is 13.9. The van der Waals surface area contributed by atoms with E-state index in [1.165, 1.54) is 0 Å². The summed E-state index contributed by atoms with van der Waals surface area (Å²) in [5.74, 6) is 0.999. The van der Waals surface area contributed by atoms with Crippen molar-refractivity contribution < 1.29 is 19.0 Å². The van der Waals surface area contributed by atoms with Crippen LogP contribution in [0.4, 0.5) is 0 Å².